The molecule has 0 saturated heterocycles. The molecule has 8 nitrogen and oxygen atoms in total. The number of hydrogen-bond donors (Lipinski definition) is 3. The van der Waals surface area contributed by atoms with E-state index in [0.717, 1.165) is 24.5 Å². The molecule has 0 spiro atoms. The van der Waals surface area contributed by atoms with Gasteiger partial charge in [-0.25, -0.2) is 9.97 Å². The van der Waals surface area contributed by atoms with Crippen molar-refractivity contribution in [3.63, 3.8) is 0 Å². The van der Waals surface area contributed by atoms with Crippen LogP contribution in [-0.4, -0.2) is 14.9 Å². The highest BCUT2D eigenvalue weighted by atomic mass is 35.5. The maximum Gasteiger partial charge on any atom is 0.416 e. The Morgan fingerprint density at radius 2 is 1.69 bits per heavy atom. The van der Waals surface area contributed by atoms with Gasteiger partial charge in [0.15, 0.2) is 0 Å². The molecule has 12 heteroatoms. The van der Waals surface area contributed by atoms with Crippen LogP contribution in [0.25, 0.3) is 0 Å². The number of nitrogens with one attached hydrogen (secondary N) is 3. The van der Waals surface area contributed by atoms with Crippen molar-refractivity contribution in [3.8, 4) is 0 Å². The lowest BCUT2D eigenvalue weighted by Crippen LogP contribution is -2.13. The van der Waals surface area contributed by atoms with Crippen LogP contribution in [0.4, 0.5) is 41.9 Å². The average molecular weight is 425 g/mol. The first-order valence-corrected chi connectivity index (χ1v) is 8.33. The van der Waals surface area contributed by atoms with Crippen molar-refractivity contribution in [1.29, 1.82) is 0 Å². The zero-order chi connectivity index (χ0) is 21.0. The summed E-state index contributed by atoms with van der Waals surface area (Å²) in [6.07, 6.45) is -3.59. The van der Waals surface area contributed by atoms with Crippen molar-refractivity contribution in [2.45, 2.75) is 6.18 Å². The Bertz CT molecular complexity index is 1030. The second kappa shape index (κ2) is 8.19. The fourth-order valence-electron chi connectivity index (χ4n) is 2.31. The normalized spacial score (nSPS) is 11.0. The van der Waals surface area contributed by atoms with E-state index in [1.807, 2.05) is 0 Å². The maximum atomic E-state index is 12.9. The number of halogens is 4. The van der Waals surface area contributed by atoms with Gasteiger partial charge in [0, 0.05) is 0 Å². The van der Waals surface area contributed by atoms with Crippen LogP contribution in [0.1, 0.15) is 5.56 Å². The van der Waals surface area contributed by atoms with Crippen LogP contribution in [0.15, 0.2) is 54.9 Å². The molecule has 0 unspecified atom stereocenters. The van der Waals surface area contributed by atoms with Gasteiger partial charge in [-0.3, -0.25) is 21.0 Å². The Balaban J connectivity index is 1.93. The van der Waals surface area contributed by atoms with Gasteiger partial charge in [-0.2, -0.15) is 13.2 Å². The van der Waals surface area contributed by atoms with E-state index in [1.54, 1.807) is 30.3 Å². The van der Waals surface area contributed by atoms with Crippen molar-refractivity contribution in [2.24, 2.45) is 0 Å². The summed E-state index contributed by atoms with van der Waals surface area (Å²) in [5, 5.41) is 14.0. The van der Waals surface area contributed by atoms with Crippen molar-refractivity contribution >= 4 is 40.3 Å². The molecular weight excluding hydrogens is 413 g/mol. The minimum Gasteiger partial charge on any atom is -0.333 e. The Morgan fingerprint density at radius 1 is 1.00 bits per heavy atom. The van der Waals surface area contributed by atoms with E-state index in [-0.39, 0.29) is 22.3 Å². The van der Waals surface area contributed by atoms with Gasteiger partial charge in [0.2, 0.25) is 11.6 Å². The zero-order valence-corrected chi connectivity index (χ0v) is 15.1. The number of para-hydroxylation sites is 1. The molecule has 29 heavy (non-hydrogen) atoms. The van der Waals surface area contributed by atoms with Crippen LogP contribution in [0, 0.1) is 10.1 Å². The molecule has 3 aromatic rings. The quantitative estimate of drug-likeness (QED) is 0.367. The summed E-state index contributed by atoms with van der Waals surface area (Å²) in [5.41, 5.74) is 4.20. The molecule has 0 saturated carbocycles. The highest BCUT2D eigenvalue weighted by Gasteiger charge is 2.31. The molecule has 0 bridgehead atoms. The van der Waals surface area contributed by atoms with E-state index in [2.05, 4.69) is 26.1 Å². The van der Waals surface area contributed by atoms with Crippen LogP contribution in [0.5, 0.6) is 0 Å². The first-order chi connectivity index (χ1) is 13.8. The third-order valence-corrected chi connectivity index (χ3v) is 3.98. The van der Waals surface area contributed by atoms with Gasteiger partial charge in [0.1, 0.15) is 6.33 Å². The van der Waals surface area contributed by atoms with Crippen molar-refractivity contribution in [2.75, 3.05) is 16.2 Å². The van der Waals surface area contributed by atoms with Gasteiger partial charge in [-0.1, -0.05) is 29.8 Å². The summed E-state index contributed by atoms with van der Waals surface area (Å²) in [6, 6.07) is 11.3. The van der Waals surface area contributed by atoms with Gasteiger partial charge < -0.3 is 5.32 Å². The first kappa shape index (κ1) is 20.1. The minimum atomic E-state index is -4.61. The molecule has 0 aliphatic heterocycles. The van der Waals surface area contributed by atoms with Crippen molar-refractivity contribution < 1.29 is 18.1 Å². The molecule has 1 aromatic heterocycles. The number of nitrogens with zero attached hydrogens (tertiary/aromatic N) is 3. The lowest BCUT2D eigenvalue weighted by atomic mass is 10.2. The molecule has 0 fully saturated rings. The maximum absolute atomic E-state index is 12.9. The molecule has 0 radical (unpaired) electrons. The number of aromatic nitrogens is 2. The standard InChI is InChI=1S/C17H12ClF3N6O2/c18-12-7-6-10(17(19,20)21)8-13(12)24-15-14(27(28)29)16(23-9-22-15)26-25-11-4-2-1-3-5-11/h1-9,25H,(H2,22,23,24,26). The summed E-state index contributed by atoms with van der Waals surface area (Å²) in [6.45, 7) is 0. The molecule has 3 rings (SSSR count). The number of alkyl halides is 3. The first-order valence-electron chi connectivity index (χ1n) is 7.96. The van der Waals surface area contributed by atoms with Gasteiger partial charge in [-0.15, -0.1) is 0 Å². The SMILES string of the molecule is O=[N+]([O-])c1c(NNc2ccccc2)ncnc1Nc1cc(C(F)(F)F)ccc1Cl. The Kier molecular flexibility index (Phi) is 5.69. The fourth-order valence-corrected chi connectivity index (χ4v) is 2.48. The lowest BCUT2D eigenvalue weighted by molar-refractivity contribution is -0.383. The highest BCUT2D eigenvalue weighted by Crippen LogP contribution is 2.37. The van der Waals surface area contributed by atoms with Crippen molar-refractivity contribution in [1.82, 2.24) is 9.97 Å². The largest absolute Gasteiger partial charge is 0.416 e. The fraction of sp³-hybridized carbons (Fsp3) is 0.0588. The molecule has 1 heterocycles. The minimum absolute atomic E-state index is 0.0668. The van der Waals surface area contributed by atoms with E-state index in [0.29, 0.717) is 5.69 Å². The van der Waals surface area contributed by atoms with Gasteiger partial charge >= 0.3 is 11.9 Å². The van der Waals surface area contributed by atoms with Gasteiger partial charge in [0.25, 0.3) is 0 Å². The molecule has 0 aliphatic rings. The number of rotatable bonds is 6. The number of anilines is 4. The average Bonchev–Trinajstić information content (AvgIpc) is 2.68. The van der Waals surface area contributed by atoms with E-state index >= 15 is 0 Å². The van der Waals surface area contributed by atoms with E-state index in [1.165, 1.54) is 0 Å². The second-order valence-corrected chi connectivity index (χ2v) is 6.02. The summed E-state index contributed by atoms with van der Waals surface area (Å²) in [5.74, 6) is -0.525. The molecule has 0 aliphatic carbocycles. The predicted octanol–water partition coefficient (Wildman–Crippen LogP) is 5.24. The number of hydrazine groups is 1. The highest BCUT2D eigenvalue weighted by molar-refractivity contribution is 6.33. The summed E-state index contributed by atoms with van der Waals surface area (Å²) < 4.78 is 38.8. The predicted molar refractivity (Wildman–Crippen MR) is 102 cm³/mol. The Labute approximate surface area is 166 Å². The Morgan fingerprint density at radius 3 is 2.34 bits per heavy atom. The van der Waals surface area contributed by atoms with E-state index < -0.39 is 22.4 Å². The van der Waals surface area contributed by atoms with Gasteiger partial charge in [0.05, 0.1) is 26.9 Å². The third kappa shape index (κ3) is 4.82. The topological polar surface area (TPSA) is 105 Å². The summed E-state index contributed by atoms with van der Waals surface area (Å²) in [4.78, 5) is 18.4. The lowest BCUT2D eigenvalue weighted by Gasteiger charge is -2.13. The molecule has 0 amide bonds. The van der Waals surface area contributed by atoms with Crippen molar-refractivity contribution in [3.05, 3.63) is 75.6 Å². The van der Waals surface area contributed by atoms with Crippen LogP contribution in [-0.2, 0) is 6.18 Å². The molecule has 3 N–H and O–H groups in total. The van der Waals surface area contributed by atoms with Crippen LogP contribution >= 0.6 is 11.6 Å². The number of benzene rings is 2. The molecular formula is C17H12ClF3N6O2. The van der Waals surface area contributed by atoms with Gasteiger partial charge in [-0.05, 0) is 30.3 Å². The third-order valence-electron chi connectivity index (χ3n) is 3.65. The zero-order valence-electron chi connectivity index (χ0n) is 14.4. The number of nitro groups is 1. The summed E-state index contributed by atoms with van der Waals surface area (Å²) in [7, 11) is 0. The van der Waals surface area contributed by atoms with Crippen LogP contribution in [0.3, 0.4) is 0 Å². The van der Waals surface area contributed by atoms with E-state index in [4.69, 9.17) is 11.6 Å². The van der Waals surface area contributed by atoms with Crippen LogP contribution < -0.4 is 16.2 Å². The number of hydrogen-bond acceptors (Lipinski definition) is 7. The Hall–Kier alpha value is -3.60. The molecule has 2 aromatic carbocycles. The monoisotopic (exact) mass is 424 g/mol. The summed E-state index contributed by atoms with van der Waals surface area (Å²) >= 11 is 5.94. The van der Waals surface area contributed by atoms with E-state index in [9.17, 15) is 23.3 Å². The smallest absolute Gasteiger partial charge is 0.333 e. The molecule has 0 atom stereocenters. The second-order valence-electron chi connectivity index (χ2n) is 5.61. The van der Waals surface area contributed by atoms with Crippen LogP contribution in [0.2, 0.25) is 5.02 Å². The molecule has 150 valence electrons.